The van der Waals surface area contributed by atoms with Crippen LogP contribution in [0.25, 0.3) is 0 Å². The number of pyridine rings is 1. The SMILES string of the molecule is COc1cc(CO)c(OC(F)(F)F)c(C)n1. The van der Waals surface area contributed by atoms with Crippen LogP contribution >= 0.6 is 0 Å². The Labute approximate surface area is 89.6 Å². The maximum atomic E-state index is 12.1. The van der Waals surface area contributed by atoms with Crippen molar-refractivity contribution in [3.8, 4) is 11.6 Å². The van der Waals surface area contributed by atoms with Crippen LogP contribution < -0.4 is 9.47 Å². The fourth-order valence-corrected chi connectivity index (χ4v) is 1.17. The Bertz CT molecular complexity index is 379. The summed E-state index contributed by atoms with van der Waals surface area (Å²) in [5.41, 5.74) is -0.0256. The van der Waals surface area contributed by atoms with Crippen LogP contribution in [0.1, 0.15) is 11.3 Å². The van der Waals surface area contributed by atoms with Gasteiger partial charge >= 0.3 is 6.36 Å². The Morgan fingerprint density at radius 1 is 1.44 bits per heavy atom. The molecule has 0 aromatic carbocycles. The quantitative estimate of drug-likeness (QED) is 0.870. The van der Waals surface area contributed by atoms with Gasteiger partial charge in [0.05, 0.1) is 19.4 Å². The highest BCUT2D eigenvalue weighted by atomic mass is 19.4. The Balaban J connectivity index is 3.16. The Morgan fingerprint density at radius 2 is 2.06 bits per heavy atom. The highest BCUT2D eigenvalue weighted by Crippen LogP contribution is 2.31. The molecule has 0 saturated heterocycles. The van der Waals surface area contributed by atoms with Crippen LogP contribution in [0.15, 0.2) is 6.07 Å². The minimum atomic E-state index is -4.81. The standard InChI is InChI=1S/C9H10F3NO3/c1-5-8(16-9(10,11)12)6(4-14)3-7(13-5)15-2/h3,14H,4H2,1-2H3. The monoisotopic (exact) mass is 237 g/mol. The second-order valence-corrected chi connectivity index (χ2v) is 2.94. The summed E-state index contributed by atoms with van der Waals surface area (Å²) >= 11 is 0. The fraction of sp³-hybridized carbons (Fsp3) is 0.444. The number of methoxy groups -OCH3 is 1. The Kier molecular flexibility index (Phi) is 3.58. The molecule has 0 bridgehead atoms. The van der Waals surface area contributed by atoms with Gasteiger partial charge < -0.3 is 14.6 Å². The molecule has 0 amide bonds. The number of aryl methyl sites for hydroxylation is 1. The van der Waals surface area contributed by atoms with Crippen molar-refractivity contribution in [2.75, 3.05) is 7.11 Å². The van der Waals surface area contributed by atoms with Gasteiger partial charge in [0.15, 0.2) is 5.75 Å². The van der Waals surface area contributed by atoms with E-state index >= 15 is 0 Å². The molecule has 1 aromatic heterocycles. The van der Waals surface area contributed by atoms with Crippen molar-refractivity contribution < 1.29 is 27.8 Å². The molecule has 0 saturated carbocycles. The predicted molar refractivity (Wildman–Crippen MR) is 48.1 cm³/mol. The van der Waals surface area contributed by atoms with Gasteiger partial charge in [-0.3, -0.25) is 0 Å². The topological polar surface area (TPSA) is 51.6 Å². The number of alkyl halides is 3. The first-order valence-corrected chi connectivity index (χ1v) is 4.28. The minimum absolute atomic E-state index is 0.000671. The van der Waals surface area contributed by atoms with Crippen LogP contribution in [0.2, 0.25) is 0 Å². The number of halogens is 3. The fourth-order valence-electron chi connectivity index (χ4n) is 1.17. The van der Waals surface area contributed by atoms with E-state index in [2.05, 4.69) is 9.72 Å². The third kappa shape index (κ3) is 2.99. The van der Waals surface area contributed by atoms with Crippen LogP contribution in [0.3, 0.4) is 0 Å². The molecule has 0 fully saturated rings. The van der Waals surface area contributed by atoms with E-state index in [0.29, 0.717) is 0 Å². The van der Waals surface area contributed by atoms with E-state index < -0.39 is 18.7 Å². The van der Waals surface area contributed by atoms with Crippen LogP contribution in [-0.4, -0.2) is 23.6 Å². The number of hydrogen-bond donors (Lipinski definition) is 1. The normalized spacial score (nSPS) is 11.4. The highest BCUT2D eigenvalue weighted by molar-refractivity contribution is 5.40. The number of aromatic nitrogens is 1. The van der Waals surface area contributed by atoms with Gasteiger partial charge in [-0.1, -0.05) is 0 Å². The van der Waals surface area contributed by atoms with Crippen molar-refractivity contribution in [1.82, 2.24) is 4.98 Å². The third-order valence-electron chi connectivity index (χ3n) is 1.79. The summed E-state index contributed by atoms with van der Waals surface area (Å²) in [6.07, 6.45) is -4.81. The average molecular weight is 237 g/mol. The number of nitrogens with zero attached hydrogens (tertiary/aromatic N) is 1. The summed E-state index contributed by atoms with van der Waals surface area (Å²) < 4.78 is 44.7. The summed E-state index contributed by atoms with van der Waals surface area (Å²) in [7, 11) is 1.33. The van der Waals surface area contributed by atoms with Crippen molar-refractivity contribution in [2.45, 2.75) is 19.9 Å². The van der Waals surface area contributed by atoms with Crippen LogP contribution in [0.4, 0.5) is 13.2 Å². The zero-order chi connectivity index (χ0) is 12.3. The van der Waals surface area contributed by atoms with Crippen molar-refractivity contribution in [3.63, 3.8) is 0 Å². The van der Waals surface area contributed by atoms with E-state index in [1.54, 1.807) is 0 Å². The lowest BCUT2D eigenvalue weighted by molar-refractivity contribution is -0.275. The molecule has 16 heavy (non-hydrogen) atoms. The summed E-state index contributed by atoms with van der Waals surface area (Å²) in [5.74, 6) is -0.369. The lowest BCUT2D eigenvalue weighted by atomic mass is 10.2. The zero-order valence-corrected chi connectivity index (χ0v) is 8.63. The number of aliphatic hydroxyl groups excluding tert-OH is 1. The molecule has 1 N–H and O–H groups in total. The number of aliphatic hydroxyl groups is 1. The smallest absolute Gasteiger partial charge is 0.481 e. The molecule has 0 atom stereocenters. The van der Waals surface area contributed by atoms with Crippen LogP contribution in [-0.2, 0) is 6.61 Å². The lowest BCUT2D eigenvalue weighted by Crippen LogP contribution is -2.19. The lowest BCUT2D eigenvalue weighted by Gasteiger charge is -2.14. The first-order chi connectivity index (χ1) is 7.37. The molecule has 0 radical (unpaired) electrons. The second-order valence-electron chi connectivity index (χ2n) is 2.94. The predicted octanol–water partition coefficient (Wildman–Crippen LogP) is 1.79. The molecule has 4 nitrogen and oxygen atoms in total. The number of hydrogen-bond acceptors (Lipinski definition) is 4. The number of rotatable bonds is 3. The van der Waals surface area contributed by atoms with Crippen LogP contribution in [0, 0.1) is 6.92 Å². The van der Waals surface area contributed by atoms with E-state index in [9.17, 15) is 13.2 Å². The molecular formula is C9H10F3NO3. The van der Waals surface area contributed by atoms with Crippen molar-refractivity contribution in [3.05, 3.63) is 17.3 Å². The Morgan fingerprint density at radius 3 is 2.50 bits per heavy atom. The average Bonchev–Trinajstić information content (AvgIpc) is 2.19. The molecule has 0 unspecified atom stereocenters. The van der Waals surface area contributed by atoms with E-state index in [-0.39, 0.29) is 17.1 Å². The molecule has 0 aliphatic heterocycles. The number of ether oxygens (including phenoxy) is 2. The molecule has 0 aliphatic rings. The van der Waals surface area contributed by atoms with E-state index in [4.69, 9.17) is 9.84 Å². The van der Waals surface area contributed by atoms with Crippen molar-refractivity contribution >= 4 is 0 Å². The van der Waals surface area contributed by atoms with E-state index in [1.807, 2.05) is 0 Å². The minimum Gasteiger partial charge on any atom is -0.481 e. The third-order valence-corrected chi connectivity index (χ3v) is 1.79. The van der Waals surface area contributed by atoms with Crippen LogP contribution in [0.5, 0.6) is 11.6 Å². The van der Waals surface area contributed by atoms with Gasteiger partial charge in [-0.05, 0) is 6.92 Å². The highest BCUT2D eigenvalue weighted by Gasteiger charge is 2.33. The zero-order valence-electron chi connectivity index (χ0n) is 8.63. The summed E-state index contributed by atoms with van der Waals surface area (Å²) in [6, 6.07) is 1.19. The molecule has 1 rings (SSSR count). The molecule has 1 heterocycles. The van der Waals surface area contributed by atoms with Gasteiger partial charge in [-0.15, -0.1) is 13.2 Å². The maximum absolute atomic E-state index is 12.1. The van der Waals surface area contributed by atoms with Gasteiger partial charge in [-0.2, -0.15) is 0 Å². The van der Waals surface area contributed by atoms with Gasteiger partial charge in [0.2, 0.25) is 5.88 Å². The first-order valence-electron chi connectivity index (χ1n) is 4.28. The molecule has 0 aliphatic carbocycles. The van der Waals surface area contributed by atoms with Gasteiger partial charge in [-0.25, -0.2) is 4.98 Å². The second kappa shape index (κ2) is 4.56. The van der Waals surface area contributed by atoms with Crippen molar-refractivity contribution in [2.24, 2.45) is 0 Å². The van der Waals surface area contributed by atoms with E-state index in [1.165, 1.54) is 20.1 Å². The Hall–Kier alpha value is -1.50. The molecule has 1 aromatic rings. The summed E-state index contributed by atoms with van der Waals surface area (Å²) in [5, 5.41) is 8.93. The summed E-state index contributed by atoms with van der Waals surface area (Å²) in [4.78, 5) is 3.73. The van der Waals surface area contributed by atoms with Crippen molar-refractivity contribution in [1.29, 1.82) is 0 Å². The van der Waals surface area contributed by atoms with Gasteiger partial charge in [0, 0.05) is 11.6 Å². The summed E-state index contributed by atoms with van der Waals surface area (Å²) in [6.45, 7) is 0.744. The van der Waals surface area contributed by atoms with Gasteiger partial charge in [0.25, 0.3) is 0 Å². The molecule has 7 heteroatoms. The molecule has 90 valence electrons. The van der Waals surface area contributed by atoms with Gasteiger partial charge in [0.1, 0.15) is 0 Å². The largest absolute Gasteiger partial charge is 0.573 e. The molecule has 0 spiro atoms. The maximum Gasteiger partial charge on any atom is 0.573 e. The molecular weight excluding hydrogens is 227 g/mol. The first kappa shape index (κ1) is 12.6. The van der Waals surface area contributed by atoms with E-state index in [0.717, 1.165) is 0 Å².